The number of benzene rings is 1. The van der Waals surface area contributed by atoms with E-state index >= 15 is 0 Å². The van der Waals surface area contributed by atoms with Crippen LogP contribution in [0.1, 0.15) is 38.3 Å². The second-order valence-electron chi connectivity index (χ2n) is 4.51. The first kappa shape index (κ1) is 13.1. The van der Waals surface area contributed by atoms with E-state index in [4.69, 9.17) is 11.6 Å². The molecular weight excluding hydrogens is 254 g/mol. The van der Waals surface area contributed by atoms with Crippen molar-refractivity contribution in [3.8, 4) is 0 Å². The van der Waals surface area contributed by atoms with Gasteiger partial charge in [-0.15, -0.1) is 0 Å². The molecule has 0 amide bonds. The molecule has 2 nitrogen and oxygen atoms in total. The Labute approximate surface area is 110 Å². The van der Waals surface area contributed by atoms with Gasteiger partial charge in [-0.3, -0.25) is 4.21 Å². The number of rotatable bonds is 3. The maximum absolute atomic E-state index is 12.3. The SMILES string of the molecule is CCCNC1CC(C)S(=O)c2c(Cl)cccc21. The van der Waals surface area contributed by atoms with Gasteiger partial charge in [0.15, 0.2) is 0 Å². The zero-order chi connectivity index (χ0) is 12.4. The Morgan fingerprint density at radius 3 is 3.00 bits per heavy atom. The Balaban J connectivity index is 2.39. The first-order valence-corrected chi connectivity index (χ1v) is 7.66. The third-order valence-corrected chi connectivity index (χ3v) is 5.36. The third-order valence-electron chi connectivity index (χ3n) is 3.15. The van der Waals surface area contributed by atoms with Gasteiger partial charge in [0.05, 0.1) is 20.7 Å². The molecule has 0 spiro atoms. The highest BCUT2D eigenvalue weighted by Crippen LogP contribution is 2.37. The molecular formula is C13H18ClNOS. The fraction of sp³-hybridized carbons (Fsp3) is 0.538. The highest BCUT2D eigenvalue weighted by atomic mass is 35.5. The summed E-state index contributed by atoms with van der Waals surface area (Å²) in [5.74, 6) is 0. The molecule has 0 saturated carbocycles. The maximum Gasteiger partial charge on any atom is 0.0624 e. The van der Waals surface area contributed by atoms with Crippen LogP contribution in [0, 0.1) is 0 Å². The van der Waals surface area contributed by atoms with Crippen molar-refractivity contribution in [1.29, 1.82) is 0 Å². The fourth-order valence-corrected chi connectivity index (χ4v) is 4.15. The van der Waals surface area contributed by atoms with Gasteiger partial charge in [-0.05, 0) is 31.0 Å². The van der Waals surface area contributed by atoms with Gasteiger partial charge in [0.2, 0.25) is 0 Å². The maximum atomic E-state index is 12.3. The third kappa shape index (κ3) is 2.56. The van der Waals surface area contributed by atoms with E-state index in [1.54, 1.807) is 0 Å². The van der Waals surface area contributed by atoms with Crippen molar-refractivity contribution in [3.05, 3.63) is 28.8 Å². The molecule has 3 atom stereocenters. The van der Waals surface area contributed by atoms with Crippen LogP contribution in [0.5, 0.6) is 0 Å². The summed E-state index contributed by atoms with van der Waals surface area (Å²) in [5.41, 5.74) is 1.11. The van der Waals surface area contributed by atoms with Crippen LogP contribution in [-0.4, -0.2) is 16.0 Å². The minimum atomic E-state index is -0.970. The molecule has 0 saturated heterocycles. The monoisotopic (exact) mass is 271 g/mol. The molecule has 3 unspecified atom stereocenters. The van der Waals surface area contributed by atoms with Gasteiger partial charge in [0, 0.05) is 11.3 Å². The fourth-order valence-electron chi connectivity index (χ4n) is 2.27. The Morgan fingerprint density at radius 1 is 1.53 bits per heavy atom. The lowest BCUT2D eigenvalue weighted by molar-refractivity contribution is 0.478. The van der Waals surface area contributed by atoms with E-state index in [0.717, 1.165) is 29.8 Å². The molecule has 0 aliphatic carbocycles. The van der Waals surface area contributed by atoms with Crippen LogP contribution in [0.15, 0.2) is 23.1 Å². The largest absolute Gasteiger partial charge is 0.310 e. The number of halogens is 1. The molecule has 2 rings (SSSR count). The van der Waals surface area contributed by atoms with E-state index < -0.39 is 10.8 Å². The molecule has 1 N–H and O–H groups in total. The molecule has 0 bridgehead atoms. The smallest absolute Gasteiger partial charge is 0.0624 e. The van der Waals surface area contributed by atoms with Gasteiger partial charge in [0.25, 0.3) is 0 Å². The lowest BCUT2D eigenvalue weighted by atomic mass is 10.0. The van der Waals surface area contributed by atoms with E-state index in [1.165, 1.54) is 0 Å². The minimum absolute atomic E-state index is 0.164. The standard InChI is InChI=1S/C13H18ClNOS/c1-3-7-15-12-8-9(2)17(16)13-10(12)5-4-6-11(13)14/h4-6,9,12,15H,3,7-8H2,1-2H3. The van der Waals surface area contributed by atoms with Gasteiger partial charge < -0.3 is 5.32 Å². The topological polar surface area (TPSA) is 29.1 Å². The summed E-state index contributed by atoms with van der Waals surface area (Å²) in [5, 5.41) is 4.31. The average Bonchev–Trinajstić information content (AvgIpc) is 2.32. The lowest BCUT2D eigenvalue weighted by Crippen LogP contribution is -2.32. The van der Waals surface area contributed by atoms with Gasteiger partial charge >= 0.3 is 0 Å². The van der Waals surface area contributed by atoms with E-state index in [0.29, 0.717) is 5.02 Å². The average molecular weight is 272 g/mol. The number of hydrogen-bond acceptors (Lipinski definition) is 2. The Morgan fingerprint density at radius 2 is 2.29 bits per heavy atom. The minimum Gasteiger partial charge on any atom is -0.310 e. The molecule has 0 aromatic heterocycles. The first-order chi connectivity index (χ1) is 8.15. The second kappa shape index (κ2) is 5.51. The summed E-state index contributed by atoms with van der Waals surface area (Å²) in [6.45, 7) is 5.16. The quantitative estimate of drug-likeness (QED) is 0.914. The van der Waals surface area contributed by atoms with Crippen molar-refractivity contribution in [3.63, 3.8) is 0 Å². The highest BCUT2D eigenvalue weighted by molar-refractivity contribution is 7.86. The summed E-state index contributed by atoms with van der Waals surface area (Å²) >= 11 is 6.18. The second-order valence-corrected chi connectivity index (χ2v) is 6.72. The Bertz CT molecular complexity index is 435. The first-order valence-electron chi connectivity index (χ1n) is 6.07. The van der Waals surface area contributed by atoms with Crippen LogP contribution in [0.3, 0.4) is 0 Å². The van der Waals surface area contributed by atoms with E-state index in [-0.39, 0.29) is 11.3 Å². The molecule has 4 heteroatoms. The van der Waals surface area contributed by atoms with Crippen molar-refractivity contribution in [2.45, 2.75) is 42.9 Å². The van der Waals surface area contributed by atoms with Crippen LogP contribution in [-0.2, 0) is 10.8 Å². The summed E-state index contributed by atoms with van der Waals surface area (Å²) in [6, 6.07) is 6.09. The van der Waals surface area contributed by atoms with E-state index in [1.807, 2.05) is 25.1 Å². The molecule has 1 aliphatic rings. The molecule has 0 radical (unpaired) electrons. The zero-order valence-corrected chi connectivity index (χ0v) is 11.8. The predicted octanol–water partition coefficient (Wildman–Crippen LogP) is 3.28. The van der Waals surface area contributed by atoms with Crippen LogP contribution in [0.2, 0.25) is 5.02 Å². The lowest BCUT2D eigenvalue weighted by Gasteiger charge is -2.30. The van der Waals surface area contributed by atoms with Gasteiger partial charge in [-0.25, -0.2) is 0 Å². The molecule has 1 aromatic carbocycles. The van der Waals surface area contributed by atoms with Gasteiger partial charge in [0.1, 0.15) is 0 Å². The molecule has 0 fully saturated rings. The van der Waals surface area contributed by atoms with E-state index in [2.05, 4.69) is 12.2 Å². The van der Waals surface area contributed by atoms with Gasteiger partial charge in [-0.2, -0.15) is 0 Å². The molecule has 1 aromatic rings. The zero-order valence-electron chi connectivity index (χ0n) is 10.2. The van der Waals surface area contributed by atoms with Crippen molar-refractivity contribution >= 4 is 22.4 Å². The van der Waals surface area contributed by atoms with Crippen LogP contribution < -0.4 is 5.32 Å². The van der Waals surface area contributed by atoms with Crippen molar-refractivity contribution in [2.75, 3.05) is 6.54 Å². The summed E-state index contributed by atoms with van der Waals surface area (Å²) in [6.07, 6.45) is 2.02. The normalized spacial score (nSPS) is 27.8. The van der Waals surface area contributed by atoms with Crippen LogP contribution >= 0.6 is 11.6 Å². The summed E-state index contributed by atoms with van der Waals surface area (Å²) in [4.78, 5) is 0.835. The Hall–Kier alpha value is -0.380. The van der Waals surface area contributed by atoms with Crippen LogP contribution in [0.4, 0.5) is 0 Å². The van der Waals surface area contributed by atoms with Crippen molar-refractivity contribution < 1.29 is 4.21 Å². The number of nitrogens with one attached hydrogen (secondary N) is 1. The molecule has 17 heavy (non-hydrogen) atoms. The predicted molar refractivity (Wildman–Crippen MR) is 73.0 cm³/mol. The summed E-state index contributed by atoms with van der Waals surface area (Å²) in [7, 11) is -0.970. The summed E-state index contributed by atoms with van der Waals surface area (Å²) < 4.78 is 12.3. The van der Waals surface area contributed by atoms with Crippen molar-refractivity contribution in [2.24, 2.45) is 0 Å². The number of hydrogen-bond donors (Lipinski definition) is 1. The number of fused-ring (bicyclic) bond motifs is 1. The Kier molecular flexibility index (Phi) is 4.23. The molecule has 94 valence electrons. The highest BCUT2D eigenvalue weighted by Gasteiger charge is 2.31. The molecule has 1 aliphatic heterocycles. The van der Waals surface area contributed by atoms with Gasteiger partial charge in [-0.1, -0.05) is 37.6 Å². The molecule has 1 heterocycles. The van der Waals surface area contributed by atoms with Crippen LogP contribution in [0.25, 0.3) is 0 Å². The van der Waals surface area contributed by atoms with Crippen molar-refractivity contribution in [1.82, 2.24) is 5.32 Å². The van der Waals surface area contributed by atoms with E-state index in [9.17, 15) is 4.21 Å².